The van der Waals surface area contributed by atoms with E-state index in [-0.39, 0.29) is 11.2 Å². The number of hydrogen-bond acceptors (Lipinski definition) is 5. The highest BCUT2D eigenvalue weighted by atomic mass is 35.5. The molecule has 2 aromatic heterocycles. The third kappa shape index (κ3) is 3.47. The zero-order valence-electron chi connectivity index (χ0n) is 15.9. The number of fused-ring (bicyclic) bond motifs is 1. The molecular formula is C21H22ClN3O2S. The Morgan fingerprint density at radius 2 is 1.93 bits per heavy atom. The van der Waals surface area contributed by atoms with Crippen molar-refractivity contribution < 1.29 is 9.90 Å². The molecule has 0 amide bonds. The van der Waals surface area contributed by atoms with Crippen LogP contribution < -0.4 is 4.90 Å². The summed E-state index contributed by atoms with van der Waals surface area (Å²) in [6.07, 6.45) is 2.23. The summed E-state index contributed by atoms with van der Waals surface area (Å²) in [5.74, 6) is -0.180. The van der Waals surface area contributed by atoms with E-state index in [2.05, 4.69) is 53.0 Å². The Balaban J connectivity index is 1.81. The van der Waals surface area contributed by atoms with Gasteiger partial charge in [0.05, 0.1) is 11.3 Å². The molecule has 146 valence electrons. The van der Waals surface area contributed by atoms with Crippen molar-refractivity contribution >= 4 is 44.9 Å². The van der Waals surface area contributed by atoms with Gasteiger partial charge >= 0.3 is 5.97 Å². The fourth-order valence-electron chi connectivity index (χ4n) is 3.89. The summed E-state index contributed by atoms with van der Waals surface area (Å²) in [5, 5.41) is 10.5. The highest BCUT2D eigenvalue weighted by Crippen LogP contribution is 2.43. The number of benzene rings is 1. The number of piperidine rings is 1. The van der Waals surface area contributed by atoms with E-state index in [1.54, 1.807) is 11.3 Å². The minimum Gasteiger partial charge on any atom is -0.481 e. The summed E-state index contributed by atoms with van der Waals surface area (Å²) in [7, 11) is 0. The predicted molar refractivity (Wildman–Crippen MR) is 115 cm³/mol. The third-order valence-corrected chi connectivity index (χ3v) is 6.64. The van der Waals surface area contributed by atoms with Gasteiger partial charge in [0.15, 0.2) is 0 Å². The molecule has 3 heterocycles. The Kier molecular flexibility index (Phi) is 5.25. The first-order chi connectivity index (χ1) is 13.5. The Morgan fingerprint density at radius 1 is 1.25 bits per heavy atom. The molecular weight excluding hydrogens is 394 g/mol. The van der Waals surface area contributed by atoms with Crippen molar-refractivity contribution in [3.05, 3.63) is 40.0 Å². The molecule has 5 nitrogen and oxygen atoms in total. The molecule has 3 aromatic rings. The molecule has 0 bridgehead atoms. The quantitative estimate of drug-likeness (QED) is 0.594. The maximum Gasteiger partial charge on any atom is 0.306 e. The number of halogens is 1. The van der Waals surface area contributed by atoms with Gasteiger partial charge in [0.25, 0.3) is 0 Å². The van der Waals surface area contributed by atoms with Crippen LogP contribution in [0.5, 0.6) is 0 Å². The van der Waals surface area contributed by atoms with Crippen molar-refractivity contribution in [2.45, 2.75) is 33.1 Å². The lowest BCUT2D eigenvalue weighted by molar-refractivity contribution is -0.142. The van der Waals surface area contributed by atoms with E-state index in [4.69, 9.17) is 11.6 Å². The fraction of sp³-hybridized carbons (Fsp3) is 0.381. The van der Waals surface area contributed by atoms with E-state index < -0.39 is 5.97 Å². The van der Waals surface area contributed by atoms with Crippen LogP contribution in [0.4, 0.5) is 5.82 Å². The first kappa shape index (κ1) is 19.2. The number of nitrogens with zero attached hydrogens (tertiary/aromatic N) is 3. The molecule has 0 saturated carbocycles. The monoisotopic (exact) mass is 415 g/mol. The summed E-state index contributed by atoms with van der Waals surface area (Å²) in [6.45, 7) is 5.56. The molecule has 0 aliphatic carbocycles. The number of rotatable bonds is 4. The molecule has 1 aliphatic rings. The van der Waals surface area contributed by atoms with Gasteiger partial charge in [-0.05, 0) is 48.9 Å². The van der Waals surface area contributed by atoms with E-state index in [1.807, 2.05) is 0 Å². The Labute approximate surface area is 173 Å². The highest BCUT2D eigenvalue weighted by Gasteiger charge is 2.28. The lowest BCUT2D eigenvalue weighted by atomic mass is 9.96. The zero-order valence-corrected chi connectivity index (χ0v) is 17.5. The highest BCUT2D eigenvalue weighted by molar-refractivity contribution is 7.19. The van der Waals surface area contributed by atoms with Crippen molar-refractivity contribution in [3.8, 4) is 11.1 Å². The van der Waals surface area contributed by atoms with E-state index in [9.17, 15) is 9.90 Å². The maximum atomic E-state index is 11.3. The molecule has 1 saturated heterocycles. The van der Waals surface area contributed by atoms with Gasteiger partial charge in [-0.2, -0.15) is 4.98 Å². The molecule has 0 spiro atoms. The van der Waals surface area contributed by atoms with Crippen molar-refractivity contribution in [1.82, 2.24) is 9.97 Å². The first-order valence-electron chi connectivity index (χ1n) is 9.51. The second-order valence-electron chi connectivity index (χ2n) is 7.18. The predicted octanol–water partition coefficient (Wildman–Crippen LogP) is 5.18. The third-order valence-electron chi connectivity index (χ3n) is 5.48. The lowest BCUT2D eigenvalue weighted by Crippen LogP contribution is -2.37. The second kappa shape index (κ2) is 7.68. The topological polar surface area (TPSA) is 66.3 Å². The van der Waals surface area contributed by atoms with Crippen LogP contribution >= 0.6 is 22.9 Å². The van der Waals surface area contributed by atoms with Crippen LogP contribution in [0.25, 0.3) is 21.3 Å². The van der Waals surface area contributed by atoms with E-state index in [0.717, 1.165) is 33.6 Å². The average molecular weight is 416 g/mol. The average Bonchev–Trinajstić information content (AvgIpc) is 3.03. The van der Waals surface area contributed by atoms with E-state index >= 15 is 0 Å². The number of carboxylic acids is 1. The molecule has 0 radical (unpaired) electrons. The largest absolute Gasteiger partial charge is 0.481 e. The zero-order chi connectivity index (χ0) is 19.8. The van der Waals surface area contributed by atoms with Crippen LogP contribution in [-0.2, 0) is 11.2 Å². The lowest BCUT2D eigenvalue weighted by Gasteiger charge is -2.31. The first-order valence-corrected chi connectivity index (χ1v) is 10.7. The van der Waals surface area contributed by atoms with Crippen molar-refractivity contribution in [2.24, 2.45) is 5.92 Å². The van der Waals surface area contributed by atoms with Crippen LogP contribution in [0, 0.1) is 12.8 Å². The van der Waals surface area contributed by atoms with Crippen molar-refractivity contribution in [1.29, 1.82) is 0 Å². The molecule has 28 heavy (non-hydrogen) atoms. The number of carboxylic acid groups (broad SMARTS) is 1. The summed E-state index contributed by atoms with van der Waals surface area (Å²) >= 11 is 7.86. The van der Waals surface area contributed by atoms with Crippen LogP contribution in [0.2, 0.25) is 5.28 Å². The van der Waals surface area contributed by atoms with Gasteiger partial charge in [0.1, 0.15) is 10.6 Å². The van der Waals surface area contributed by atoms with Crippen LogP contribution in [0.3, 0.4) is 0 Å². The Bertz CT molecular complexity index is 1020. The van der Waals surface area contributed by atoms with Gasteiger partial charge in [-0.3, -0.25) is 4.79 Å². The minimum atomic E-state index is -0.714. The van der Waals surface area contributed by atoms with Gasteiger partial charge in [0.2, 0.25) is 5.28 Å². The van der Waals surface area contributed by atoms with Gasteiger partial charge < -0.3 is 10.0 Å². The summed E-state index contributed by atoms with van der Waals surface area (Å²) in [5.41, 5.74) is 3.60. The van der Waals surface area contributed by atoms with Gasteiger partial charge in [0, 0.05) is 23.5 Å². The molecule has 0 unspecified atom stereocenters. The second-order valence-corrected chi connectivity index (χ2v) is 8.72. The van der Waals surface area contributed by atoms with Crippen LogP contribution in [-0.4, -0.2) is 34.1 Å². The van der Waals surface area contributed by atoms with Crippen molar-refractivity contribution in [3.63, 3.8) is 0 Å². The van der Waals surface area contributed by atoms with E-state index in [1.165, 1.54) is 10.4 Å². The van der Waals surface area contributed by atoms with Crippen LogP contribution in [0.15, 0.2) is 24.3 Å². The van der Waals surface area contributed by atoms with Crippen LogP contribution in [0.1, 0.15) is 30.2 Å². The Morgan fingerprint density at radius 3 is 2.54 bits per heavy atom. The molecule has 4 rings (SSSR count). The molecule has 1 fully saturated rings. The SMILES string of the molecule is CCc1ccc(-c2c(C)sc3nc(Cl)nc(N4CCC(C(=O)O)CC4)c23)cc1. The number of aromatic nitrogens is 2. The summed E-state index contributed by atoms with van der Waals surface area (Å²) in [4.78, 5) is 24.5. The normalized spacial score (nSPS) is 15.3. The standard InChI is InChI=1S/C21H22ClN3O2S/c1-3-13-4-6-14(7-5-13)16-12(2)28-19-17(16)18(23-21(22)24-19)25-10-8-15(9-11-25)20(26)27/h4-7,15H,3,8-11H2,1-2H3,(H,26,27). The van der Waals surface area contributed by atoms with Gasteiger partial charge in [-0.1, -0.05) is 31.2 Å². The molecule has 0 atom stereocenters. The Hall–Kier alpha value is -2.18. The number of aryl methyl sites for hydroxylation is 2. The number of carbonyl (C=O) groups is 1. The van der Waals surface area contributed by atoms with Gasteiger partial charge in [-0.25, -0.2) is 4.98 Å². The molecule has 1 aliphatic heterocycles. The van der Waals surface area contributed by atoms with Crippen molar-refractivity contribution in [2.75, 3.05) is 18.0 Å². The summed E-state index contributed by atoms with van der Waals surface area (Å²) in [6, 6.07) is 8.63. The number of hydrogen-bond donors (Lipinski definition) is 1. The summed E-state index contributed by atoms with van der Waals surface area (Å²) < 4.78 is 0. The minimum absolute atomic E-state index is 0.233. The smallest absolute Gasteiger partial charge is 0.306 e. The maximum absolute atomic E-state index is 11.3. The number of anilines is 1. The number of aliphatic carboxylic acids is 1. The molecule has 1 N–H and O–H groups in total. The fourth-order valence-corrected chi connectivity index (χ4v) is 5.14. The number of thiophene rings is 1. The molecule has 1 aromatic carbocycles. The van der Waals surface area contributed by atoms with E-state index in [0.29, 0.717) is 25.9 Å². The molecule has 7 heteroatoms. The van der Waals surface area contributed by atoms with Gasteiger partial charge in [-0.15, -0.1) is 11.3 Å².